The summed E-state index contributed by atoms with van der Waals surface area (Å²) in [5.41, 5.74) is 1.97. The van der Waals surface area contributed by atoms with Crippen LogP contribution in [-0.2, 0) is 4.79 Å². The largest absolute Gasteiger partial charge is 0.368 e. The van der Waals surface area contributed by atoms with Gasteiger partial charge in [0.15, 0.2) is 5.82 Å². The number of rotatable bonds is 6. The number of nitrogens with one attached hydrogen (secondary N) is 2. The van der Waals surface area contributed by atoms with Crippen molar-refractivity contribution in [3.05, 3.63) is 24.2 Å². The quantitative estimate of drug-likeness (QED) is 0.855. The summed E-state index contributed by atoms with van der Waals surface area (Å²) in [5, 5.41) is 10.6. The maximum Gasteiger partial charge on any atom is 0.221 e. The van der Waals surface area contributed by atoms with Gasteiger partial charge in [0.25, 0.3) is 0 Å². The number of carbonyl (C=O) groups excluding carboxylic acids is 1. The fourth-order valence-corrected chi connectivity index (χ4v) is 2.05. The molecule has 2 N–H and O–H groups in total. The van der Waals surface area contributed by atoms with Crippen LogP contribution in [0.25, 0.3) is 5.52 Å². The van der Waals surface area contributed by atoms with E-state index in [4.69, 9.17) is 0 Å². The highest BCUT2D eigenvalue weighted by Gasteiger charge is 2.10. The molecule has 1 amide bonds. The molecule has 0 saturated heterocycles. The molecule has 2 rings (SSSR count). The van der Waals surface area contributed by atoms with E-state index in [2.05, 4.69) is 34.6 Å². The number of aromatic nitrogens is 3. The molecule has 0 aromatic carbocycles. The number of hydrogen-bond acceptors (Lipinski definition) is 4. The molecule has 0 fully saturated rings. The fourth-order valence-electron chi connectivity index (χ4n) is 2.05. The molecule has 0 radical (unpaired) electrons. The Morgan fingerprint density at radius 2 is 2.10 bits per heavy atom. The molecule has 0 aliphatic rings. The summed E-state index contributed by atoms with van der Waals surface area (Å²) in [6.45, 7) is 8.67. The monoisotopic (exact) mass is 289 g/mol. The molecule has 6 nitrogen and oxygen atoms in total. The predicted octanol–water partition coefficient (Wildman–Crippen LogP) is 2.18. The van der Waals surface area contributed by atoms with E-state index in [1.165, 1.54) is 0 Å². The second-order valence-corrected chi connectivity index (χ2v) is 5.73. The first-order valence-electron chi connectivity index (χ1n) is 7.35. The summed E-state index contributed by atoms with van der Waals surface area (Å²) >= 11 is 0. The number of amides is 1. The Kier molecular flexibility index (Phi) is 4.77. The van der Waals surface area contributed by atoms with Crippen LogP contribution >= 0.6 is 0 Å². The van der Waals surface area contributed by atoms with Crippen molar-refractivity contribution in [1.29, 1.82) is 0 Å². The number of anilines is 1. The van der Waals surface area contributed by atoms with Crippen molar-refractivity contribution in [1.82, 2.24) is 19.9 Å². The van der Waals surface area contributed by atoms with Crippen molar-refractivity contribution in [2.24, 2.45) is 0 Å². The van der Waals surface area contributed by atoms with Crippen molar-refractivity contribution in [3.63, 3.8) is 0 Å². The standard InChI is InChI=1S/C15H23N5O/c1-10(2)12-9-13-15(17-7-8-20(13)19-12)16-6-5-14(21)18-11(3)4/h7-11H,5-6H2,1-4H3,(H,16,17)(H,18,21). The molecular formula is C15H23N5O. The zero-order chi connectivity index (χ0) is 15.4. The van der Waals surface area contributed by atoms with Gasteiger partial charge in [-0.3, -0.25) is 4.79 Å². The zero-order valence-electron chi connectivity index (χ0n) is 13.1. The van der Waals surface area contributed by atoms with E-state index in [-0.39, 0.29) is 11.9 Å². The Hall–Kier alpha value is -2.11. The SMILES string of the molecule is CC(C)NC(=O)CCNc1nccn2nc(C(C)C)cc12. The molecule has 0 atom stereocenters. The molecule has 2 aromatic heterocycles. The second kappa shape index (κ2) is 6.56. The molecule has 0 aliphatic heterocycles. The molecular weight excluding hydrogens is 266 g/mol. The van der Waals surface area contributed by atoms with Gasteiger partial charge in [-0.1, -0.05) is 13.8 Å². The minimum absolute atomic E-state index is 0.0424. The highest BCUT2D eigenvalue weighted by atomic mass is 16.1. The summed E-state index contributed by atoms with van der Waals surface area (Å²) in [6.07, 6.45) is 3.96. The smallest absolute Gasteiger partial charge is 0.221 e. The van der Waals surface area contributed by atoms with Gasteiger partial charge in [-0.25, -0.2) is 9.50 Å². The van der Waals surface area contributed by atoms with Crippen molar-refractivity contribution in [2.45, 2.75) is 46.1 Å². The van der Waals surface area contributed by atoms with Crippen molar-refractivity contribution >= 4 is 17.2 Å². The first-order chi connectivity index (χ1) is 9.97. The van der Waals surface area contributed by atoms with Crippen LogP contribution in [0.1, 0.15) is 45.7 Å². The molecule has 0 aliphatic carbocycles. The summed E-state index contributed by atoms with van der Waals surface area (Å²) in [7, 11) is 0. The summed E-state index contributed by atoms with van der Waals surface area (Å²) < 4.78 is 1.82. The van der Waals surface area contributed by atoms with Crippen LogP contribution in [-0.4, -0.2) is 33.1 Å². The highest BCUT2D eigenvalue weighted by molar-refractivity contribution is 5.77. The van der Waals surface area contributed by atoms with Gasteiger partial charge in [-0.15, -0.1) is 0 Å². The van der Waals surface area contributed by atoms with Crippen molar-refractivity contribution in [2.75, 3.05) is 11.9 Å². The van der Waals surface area contributed by atoms with Gasteiger partial charge < -0.3 is 10.6 Å². The van der Waals surface area contributed by atoms with E-state index in [0.717, 1.165) is 17.0 Å². The lowest BCUT2D eigenvalue weighted by atomic mass is 10.1. The van der Waals surface area contributed by atoms with Crippen LogP contribution in [0.5, 0.6) is 0 Å². The van der Waals surface area contributed by atoms with Crippen LogP contribution in [0.15, 0.2) is 18.5 Å². The maximum absolute atomic E-state index is 11.6. The van der Waals surface area contributed by atoms with E-state index in [1.54, 1.807) is 6.20 Å². The lowest BCUT2D eigenvalue weighted by Crippen LogP contribution is -2.31. The average Bonchev–Trinajstić information content (AvgIpc) is 2.82. The van der Waals surface area contributed by atoms with E-state index in [0.29, 0.717) is 18.9 Å². The zero-order valence-corrected chi connectivity index (χ0v) is 13.1. The molecule has 0 unspecified atom stereocenters. The minimum atomic E-state index is 0.0424. The first-order valence-corrected chi connectivity index (χ1v) is 7.35. The molecule has 114 valence electrons. The Labute approximate surface area is 125 Å². The third-order valence-electron chi connectivity index (χ3n) is 3.09. The van der Waals surface area contributed by atoms with E-state index < -0.39 is 0 Å². The second-order valence-electron chi connectivity index (χ2n) is 5.73. The van der Waals surface area contributed by atoms with Crippen LogP contribution in [0, 0.1) is 0 Å². The van der Waals surface area contributed by atoms with E-state index in [1.807, 2.05) is 30.6 Å². The van der Waals surface area contributed by atoms with Gasteiger partial charge in [-0.05, 0) is 25.8 Å². The third-order valence-corrected chi connectivity index (χ3v) is 3.09. The number of hydrogen-bond donors (Lipinski definition) is 2. The summed E-state index contributed by atoms with van der Waals surface area (Å²) in [6, 6.07) is 2.20. The lowest BCUT2D eigenvalue weighted by molar-refractivity contribution is -0.121. The minimum Gasteiger partial charge on any atom is -0.368 e. The maximum atomic E-state index is 11.6. The van der Waals surface area contributed by atoms with Crippen molar-refractivity contribution in [3.8, 4) is 0 Å². The Balaban J connectivity index is 2.03. The van der Waals surface area contributed by atoms with Gasteiger partial charge in [0.1, 0.15) is 5.52 Å². The molecule has 0 saturated carbocycles. The predicted molar refractivity (Wildman–Crippen MR) is 83.5 cm³/mol. The van der Waals surface area contributed by atoms with Crippen LogP contribution < -0.4 is 10.6 Å². The molecule has 2 heterocycles. The fraction of sp³-hybridized carbons (Fsp3) is 0.533. The molecule has 6 heteroatoms. The number of nitrogens with zero attached hydrogens (tertiary/aromatic N) is 3. The molecule has 21 heavy (non-hydrogen) atoms. The van der Waals surface area contributed by atoms with Gasteiger partial charge in [-0.2, -0.15) is 5.10 Å². The van der Waals surface area contributed by atoms with Crippen LogP contribution in [0.2, 0.25) is 0 Å². The summed E-state index contributed by atoms with van der Waals surface area (Å²) in [5.74, 6) is 1.17. The first kappa shape index (κ1) is 15.3. The summed E-state index contributed by atoms with van der Waals surface area (Å²) in [4.78, 5) is 15.9. The van der Waals surface area contributed by atoms with Crippen LogP contribution in [0.3, 0.4) is 0 Å². The molecule has 0 spiro atoms. The Morgan fingerprint density at radius 1 is 1.33 bits per heavy atom. The van der Waals surface area contributed by atoms with E-state index >= 15 is 0 Å². The van der Waals surface area contributed by atoms with Crippen LogP contribution in [0.4, 0.5) is 5.82 Å². The van der Waals surface area contributed by atoms with E-state index in [9.17, 15) is 4.79 Å². The van der Waals surface area contributed by atoms with Crippen molar-refractivity contribution < 1.29 is 4.79 Å². The number of carbonyl (C=O) groups is 1. The molecule has 2 aromatic rings. The lowest BCUT2D eigenvalue weighted by Gasteiger charge is -2.09. The van der Waals surface area contributed by atoms with Gasteiger partial charge in [0.2, 0.25) is 5.91 Å². The average molecular weight is 289 g/mol. The Bertz CT molecular complexity index is 618. The van der Waals surface area contributed by atoms with Gasteiger partial charge in [0, 0.05) is 31.4 Å². The normalized spacial score (nSPS) is 11.3. The van der Waals surface area contributed by atoms with Gasteiger partial charge in [0.05, 0.1) is 5.69 Å². The van der Waals surface area contributed by atoms with Gasteiger partial charge >= 0.3 is 0 Å². The highest BCUT2D eigenvalue weighted by Crippen LogP contribution is 2.19. The Morgan fingerprint density at radius 3 is 2.76 bits per heavy atom. The number of fused-ring (bicyclic) bond motifs is 1. The molecule has 0 bridgehead atoms. The third kappa shape index (κ3) is 3.93. The topological polar surface area (TPSA) is 71.3 Å².